The highest BCUT2D eigenvalue weighted by Gasteiger charge is 2.13. The van der Waals surface area contributed by atoms with Crippen molar-refractivity contribution in [1.82, 2.24) is 0 Å². The van der Waals surface area contributed by atoms with Gasteiger partial charge in [-0.3, -0.25) is 0 Å². The number of hydrogen-bond donors (Lipinski definition) is 0. The molecule has 0 bridgehead atoms. The van der Waals surface area contributed by atoms with E-state index in [1.807, 2.05) is 12.1 Å². The van der Waals surface area contributed by atoms with Crippen LogP contribution >= 0.6 is 11.6 Å². The Morgan fingerprint density at radius 1 is 1.00 bits per heavy atom. The Labute approximate surface area is 124 Å². The van der Waals surface area contributed by atoms with Crippen molar-refractivity contribution < 1.29 is 4.42 Å². The number of aryl methyl sites for hydroxylation is 1. The number of alkyl halides is 1. The highest BCUT2D eigenvalue weighted by atomic mass is 35.5. The predicted molar refractivity (Wildman–Crippen MR) is 84.3 cm³/mol. The summed E-state index contributed by atoms with van der Waals surface area (Å²) >= 11 is 6.47. The molecule has 1 heterocycles. The first-order valence-corrected chi connectivity index (χ1v) is 7.40. The highest BCUT2D eigenvalue weighted by Crippen LogP contribution is 2.28. The summed E-state index contributed by atoms with van der Waals surface area (Å²) in [5.74, 6) is 1.85. The SMILES string of the molecule is CCc1ccc(C(Cl)Cc2ccc3ccccc3c2)o1. The minimum absolute atomic E-state index is 0.114. The summed E-state index contributed by atoms with van der Waals surface area (Å²) in [5, 5.41) is 2.40. The molecule has 3 rings (SSSR count). The van der Waals surface area contributed by atoms with Gasteiger partial charge in [0.25, 0.3) is 0 Å². The van der Waals surface area contributed by atoms with Crippen LogP contribution in [0.25, 0.3) is 10.8 Å². The molecule has 3 aromatic rings. The van der Waals surface area contributed by atoms with Gasteiger partial charge in [0.1, 0.15) is 11.5 Å². The molecule has 2 aromatic carbocycles. The molecule has 0 aliphatic rings. The zero-order valence-electron chi connectivity index (χ0n) is 11.5. The van der Waals surface area contributed by atoms with E-state index in [4.69, 9.17) is 16.0 Å². The van der Waals surface area contributed by atoms with Crippen molar-refractivity contribution in [3.05, 3.63) is 71.7 Å². The fourth-order valence-corrected chi connectivity index (χ4v) is 2.72. The van der Waals surface area contributed by atoms with E-state index < -0.39 is 0 Å². The Hall–Kier alpha value is -1.73. The van der Waals surface area contributed by atoms with Crippen LogP contribution in [0, 0.1) is 0 Å². The number of furan rings is 1. The van der Waals surface area contributed by atoms with Gasteiger partial charge in [-0.1, -0.05) is 49.4 Å². The molecule has 0 saturated carbocycles. The van der Waals surface area contributed by atoms with Gasteiger partial charge in [0.05, 0.1) is 5.38 Å². The quantitative estimate of drug-likeness (QED) is 0.575. The Morgan fingerprint density at radius 2 is 1.80 bits per heavy atom. The highest BCUT2D eigenvalue weighted by molar-refractivity contribution is 6.20. The fourth-order valence-electron chi connectivity index (χ4n) is 2.43. The van der Waals surface area contributed by atoms with E-state index in [9.17, 15) is 0 Å². The Kier molecular flexibility index (Phi) is 3.79. The Balaban J connectivity index is 1.81. The third-order valence-electron chi connectivity index (χ3n) is 3.57. The van der Waals surface area contributed by atoms with Crippen LogP contribution in [0.4, 0.5) is 0 Å². The molecule has 1 aromatic heterocycles. The second-order valence-electron chi connectivity index (χ2n) is 5.01. The van der Waals surface area contributed by atoms with Gasteiger partial charge >= 0.3 is 0 Å². The molecule has 20 heavy (non-hydrogen) atoms. The maximum atomic E-state index is 6.47. The number of rotatable bonds is 4. The second-order valence-corrected chi connectivity index (χ2v) is 5.54. The molecule has 0 aliphatic carbocycles. The first-order chi connectivity index (χ1) is 9.76. The van der Waals surface area contributed by atoms with Crippen LogP contribution in [0.5, 0.6) is 0 Å². The summed E-state index contributed by atoms with van der Waals surface area (Å²) in [6.45, 7) is 2.08. The second kappa shape index (κ2) is 5.72. The van der Waals surface area contributed by atoms with Gasteiger partial charge in [0.15, 0.2) is 0 Å². The van der Waals surface area contributed by atoms with Crippen molar-refractivity contribution in [2.24, 2.45) is 0 Å². The Morgan fingerprint density at radius 3 is 2.55 bits per heavy atom. The summed E-state index contributed by atoms with van der Waals surface area (Å²) in [7, 11) is 0. The first-order valence-electron chi connectivity index (χ1n) is 6.96. The van der Waals surface area contributed by atoms with Gasteiger partial charge in [0, 0.05) is 6.42 Å². The monoisotopic (exact) mass is 284 g/mol. The van der Waals surface area contributed by atoms with Crippen LogP contribution in [0.3, 0.4) is 0 Å². The van der Waals surface area contributed by atoms with Gasteiger partial charge in [-0.05, 0) is 34.9 Å². The maximum Gasteiger partial charge on any atom is 0.122 e. The van der Waals surface area contributed by atoms with E-state index in [-0.39, 0.29) is 5.38 Å². The van der Waals surface area contributed by atoms with Gasteiger partial charge < -0.3 is 4.42 Å². The summed E-state index contributed by atoms with van der Waals surface area (Å²) < 4.78 is 5.72. The van der Waals surface area contributed by atoms with Crippen LogP contribution in [0.1, 0.15) is 29.4 Å². The van der Waals surface area contributed by atoms with Crippen molar-refractivity contribution in [3.8, 4) is 0 Å². The molecular weight excluding hydrogens is 268 g/mol. The number of hydrogen-bond acceptors (Lipinski definition) is 1. The zero-order chi connectivity index (χ0) is 13.9. The first kappa shape index (κ1) is 13.3. The lowest BCUT2D eigenvalue weighted by atomic mass is 10.0. The normalized spacial score (nSPS) is 12.7. The van der Waals surface area contributed by atoms with E-state index in [2.05, 4.69) is 49.4 Å². The third-order valence-corrected chi connectivity index (χ3v) is 3.94. The molecule has 0 radical (unpaired) electrons. The van der Waals surface area contributed by atoms with Gasteiger partial charge in [0.2, 0.25) is 0 Å². The van der Waals surface area contributed by atoms with Crippen molar-refractivity contribution in [1.29, 1.82) is 0 Å². The average molecular weight is 285 g/mol. The van der Waals surface area contributed by atoms with E-state index >= 15 is 0 Å². The fraction of sp³-hybridized carbons (Fsp3) is 0.222. The van der Waals surface area contributed by atoms with Crippen LogP contribution in [-0.4, -0.2) is 0 Å². The molecule has 1 nitrogen and oxygen atoms in total. The van der Waals surface area contributed by atoms with Crippen molar-refractivity contribution >= 4 is 22.4 Å². The van der Waals surface area contributed by atoms with Crippen LogP contribution in [0.15, 0.2) is 59.0 Å². The van der Waals surface area contributed by atoms with Crippen molar-refractivity contribution in [3.63, 3.8) is 0 Å². The molecule has 0 fully saturated rings. The predicted octanol–water partition coefficient (Wildman–Crippen LogP) is 5.52. The lowest BCUT2D eigenvalue weighted by molar-refractivity contribution is 0.464. The van der Waals surface area contributed by atoms with Crippen LogP contribution < -0.4 is 0 Å². The maximum absolute atomic E-state index is 6.47. The molecule has 0 spiro atoms. The lowest BCUT2D eigenvalue weighted by Gasteiger charge is -2.08. The van der Waals surface area contributed by atoms with E-state index in [0.29, 0.717) is 0 Å². The topological polar surface area (TPSA) is 13.1 Å². The van der Waals surface area contributed by atoms with Crippen LogP contribution in [-0.2, 0) is 12.8 Å². The standard InChI is InChI=1S/C18H17ClO/c1-2-16-9-10-18(20-16)17(19)12-13-7-8-14-5-3-4-6-15(14)11-13/h3-11,17H,2,12H2,1H3. The third kappa shape index (κ3) is 2.73. The molecule has 102 valence electrons. The van der Waals surface area contributed by atoms with E-state index in [1.165, 1.54) is 16.3 Å². The van der Waals surface area contributed by atoms with Crippen molar-refractivity contribution in [2.75, 3.05) is 0 Å². The summed E-state index contributed by atoms with van der Waals surface area (Å²) in [4.78, 5) is 0. The summed E-state index contributed by atoms with van der Waals surface area (Å²) in [5.41, 5.74) is 1.23. The molecule has 1 unspecified atom stereocenters. The van der Waals surface area contributed by atoms with E-state index in [0.717, 1.165) is 24.4 Å². The van der Waals surface area contributed by atoms with Crippen molar-refractivity contribution in [2.45, 2.75) is 25.1 Å². The molecule has 0 N–H and O–H groups in total. The van der Waals surface area contributed by atoms with Gasteiger partial charge in [-0.2, -0.15) is 0 Å². The number of fused-ring (bicyclic) bond motifs is 1. The largest absolute Gasteiger partial charge is 0.465 e. The number of benzene rings is 2. The van der Waals surface area contributed by atoms with Crippen LogP contribution in [0.2, 0.25) is 0 Å². The van der Waals surface area contributed by atoms with Gasteiger partial charge in [-0.25, -0.2) is 0 Å². The zero-order valence-corrected chi connectivity index (χ0v) is 12.2. The number of halogens is 1. The summed E-state index contributed by atoms with van der Waals surface area (Å²) in [6, 6.07) is 18.8. The minimum atomic E-state index is -0.114. The smallest absolute Gasteiger partial charge is 0.122 e. The molecule has 0 saturated heterocycles. The summed E-state index contributed by atoms with van der Waals surface area (Å²) in [6.07, 6.45) is 1.68. The molecular formula is C18H17ClO. The molecule has 0 amide bonds. The molecule has 1 atom stereocenters. The van der Waals surface area contributed by atoms with E-state index in [1.54, 1.807) is 0 Å². The Bertz CT molecular complexity index is 714. The molecule has 2 heteroatoms. The molecule has 0 aliphatic heterocycles. The lowest BCUT2D eigenvalue weighted by Crippen LogP contribution is -1.94. The minimum Gasteiger partial charge on any atom is -0.465 e. The van der Waals surface area contributed by atoms with Gasteiger partial charge in [-0.15, -0.1) is 11.6 Å². The average Bonchev–Trinajstić information content (AvgIpc) is 2.96.